The van der Waals surface area contributed by atoms with Crippen LogP contribution in [0.4, 0.5) is 9.59 Å². The molecule has 17 heavy (non-hydrogen) atoms. The second-order valence-electron chi connectivity index (χ2n) is 2.90. The van der Waals surface area contributed by atoms with E-state index in [2.05, 4.69) is 9.47 Å². The van der Waals surface area contributed by atoms with Crippen LogP contribution in [0.5, 0.6) is 0 Å². The number of hydrogen-bond donors (Lipinski definition) is 0. The van der Waals surface area contributed by atoms with Gasteiger partial charge in [-0.05, 0) is 12.8 Å². The first-order valence-electron chi connectivity index (χ1n) is 5.22. The number of rotatable bonds is 6. The van der Waals surface area contributed by atoms with Crippen LogP contribution in [0.1, 0.15) is 39.5 Å². The van der Waals surface area contributed by atoms with E-state index in [9.17, 15) is 19.8 Å². The van der Waals surface area contributed by atoms with Gasteiger partial charge in [-0.15, -0.1) is 0 Å². The molecule has 0 heterocycles. The Bertz CT molecular complexity index is 166. The average molecular weight is 298 g/mol. The molecule has 0 atom stereocenters. The zero-order valence-corrected chi connectivity index (χ0v) is 10.9. The third-order valence-corrected chi connectivity index (χ3v) is 1.44. The molecule has 0 amide bonds. The van der Waals surface area contributed by atoms with E-state index in [1.54, 1.807) is 0 Å². The van der Waals surface area contributed by atoms with Gasteiger partial charge in [0.1, 0.15) is 0 Å². The van der Waals surface area contributed by atoms with Gasteiger partial charge in [0.2, 0.25) is 0 Å². The zero-order valence-electron chi connectivity index (χ0n) is 9.99. The predicted octanol–water partition coefficient (Wildman–Crippen LogP) is 0.290. The Balaban J connectivity index is -0.000000218. The maximum Gasteiger partial charge on any atom is 2.00 e. The van der Waals surface area contributed by atoms with Crippen molar-refractivity contribution in [2.75, 3.05) is 13.2 Å². The van der Waals surface area contributed by atoms with Crippen molar-refractivity contribution < 1.29 is 46.3 Å². The molecule has 0 unspecified atom stereocenters. The first-order valence-corrected chi connectivity index (χ1v) is 5.22. The third kappa shape index (κ3) is 31.3. The molecular formula is C10H18CuO6. The molecule has 0 aliphatic rings. The van der Waals surface area contributed by atoms with E-state index in [0.717, 1.165) is 25.7 Å². The van der Waals surface area contributed by atoms with E-state index in [-0.39, 0.29) is 30.3 Å². The van der Waals surface area contributed by atoms with Crippen molar-refractivity contribution in [3.8, 4) is 0 Å². The molecule has 0 fully saturated rings. The maximum absolute atomic E-state index is 9.54. The normalized spacial score (nSPS) is 8.12. The molecule has 0 aliphatic heterocycles. The van der Waals surface area contributed by atoms with Gasteiger partial charge in [-0.25, -0.2) is 0 Å². The van der Waals surface area contributed by atoms with Crippen molar-refractivity contribution in [1.82, 2.24) is 0 Å². The number of carbonyl (C=O) groups excluding carboxylic acids is 2. The Morgan fingerprint density at radius 1 is 0.882 bits per heavy atom. The summed E-state index contributed by atoms with van der Waals surface area (Å²) in [6.07, 6.45) is 0.555. The SMILES string of the molecule is CCCCOC(=O)[O-].CCCCOC(=O)[O-].[Cu+2]. The number of ether oxygens (including phenoxy) is 2. The fraction of sp³-hybridized carbons (Fsp3) is 0.800. The Morgan fingerprint density at radius 3 is 1.35 bits per heavy atom. The molecule has 0 spiro atoms. The quantitative estimate of drug-likeness (QED) is 0.397. The second-order valence-corrected chi connectivity index (χ2v) is 2.90. The van der Waals surface area contributed by atoms with Crippen LogP contribution in [0.15, 0.2) is 0 Å². The molecule has 0 aromatic heterocycles. The Labute approximate surface area is 112 Å². The molecule has 0 aromatic rings. The molecule has 0 aromatic carbocycles. The summed E-state index contributed by atoms with van der Waals surface area (Å²) in [5, 5.41) is 19.1. The molecular weight excluding hydrogens is 280 g/mol. The molecule has 0 aliphatic carbocycles. The van der Waals surface area contributed by atoms with Gasteiger partial charge in [0.15, 0.2) is 0 Å². The minimum absolute atomic E-state index is 0. The Hall–Kier alpha value is -0.941. The molecule has 0 N–H and O–H groups in total. The van der Waals surface area contributed by atoms with Crippen LogP contribution >= 0.6 is 0 Å². The van der Waals surface area contributed by atoms with E-state index in [1.165, 1.54) is 0 Å². The van der Waals surface area contributed by atoms with E-state index in [4.69, 9.17) is 0 Å². The van der Waals surface area contributed by atoms with Gasteiger partial charge in [-0.1, -0.05) is 26.7 Å². The Kier molecular flexibility index (Phi) is 21.9. The number of hydrogen-bond acceptors (Lipinski definition) is 6. The summed E-state index contributed by atoms with van der Waals surface area (Å²) in [7, 11) is 0. The summed E-state index contributed by atoms with van der Waals surface area (Å²) in [5.74, 6) is 0. The average Bonchev–Trinajstić information content (AvgIpc) is 2.18. The standard InChI is InChI=1S/2C5H10O3.Cu/c2*1-2-3-4-8-5(6)7;/h2*2-4H2,1H3,(H,6,7);/q;;+2/p-2. The van der Waals surface area contributed by atoms with Gasteiger partial charge < -0.3 is 29.3 Å². The summed E-state index contributed by atoms with van der Waals surface area (Å²) < 4.78 is 8.18. The maximum atomic E-state index is 9.54. The van der Waals surface area contributed by atoms with E-state index in [0.29, 0.717) is 0 Å². The van der Waals surface area contributed by atoms with Crippen molar-refractivity contribution in [2.24, 2.45) is 0 Å². The van der Waals surface area contributed by atoms with Gasteiger partial charge in [-0.2, -0.15) is 0 Å². The van der Waals surface area contributed by atoms with Crippen LogP contribution in [-0.4, -0.2) is 25.5 Å². The largest absolute Gasteiger partial charge is 2.00 e. The van der Waals surface area contributed by atoms with Crippen LogP contribution in [0.25, 0.3) is 0 Å². The molecule has 105 valence electrons. The molecule has 0 bridgehead atoms. The van der Waals surface area contributed by atoms with Gasteiger partial charge in [0, 0.05) is 13.2 Å². The van der Waals surface area contributed by atoms with E-state index in [1.807, 2.05) is 13.8 Å². The van der Waals surface area contributed by atoms with E-state index < -0.39 is 12.3 Å². The van der Waals surface area contributed by atoms with Crippen LogP contribution in [0.2, 0.25) is 0 Å². The summed E-state index contributed by atoms with van der Waals surface area (Å²) >= 11 is 0. The number of carboxylic acid groups (broad SMARTS) is 2. The summed E-state index contributed by atoms with van der Waals surface area (Å²) in [4.78, 5) is 19.1. The van der Waals surface area contributed by atoms with Crippen molar-refractivity contribution in [1.29, 1.82) is 0 Å². The van der Waals surface area contributed by atoms with Crippen LogP contribution < -0.4 is 10.2 Å². The summed E-state index contributed by atoms with van der Waals surface area (Å²) in [6.45, 7) is 4.44. The first kappa shape index (κ1) is 21.4. The second kappa shape index (κ2) is 17.5. The zero-order chi connectivity index (χ0) is 12.8. The Morgan fingerprint density at radius 2 is 1.18 bits per heavy atom. The van der Waals surface area contributed by atoms with Gasteiger partial charge in [0.25, 0.3) is 12.3 Å². The molecule has 7 heteroatoms. The summed E-state index contributed by atoms with van der Waals surface area (Å²) in [5.41, 5.74) is 0. The third-order valence-electron chi connectivity index (χ3n) is 1.44. The van der Waals surface area contributed by atoms with Crippen LogP contribution in [0, 0.1) is 0 Å². The van der Waals surface area contributed by atoms with Gasteiger partial charge >= 0.3 is 17.1 Å². The molecule has 6 nitrogen and oxygen atoms in total. The topological polar surface area (TPSA) is 98.7 Å². The molecule has 0 rings (SSSR count). The van der Waals surface area contributed by atoms with Crippen molar-refractivity contribution in [3.05, 3.63) is 0 Å². The monoisotopic (exact) mass is 297 g/mol. The van der Waals surface area contributed by atoms with Gasteiger partial charge in [-0.3, -0.25) is 0 Å². The molecule has 0 saturated carbocycles. The number of unbranched alkanes of at least 4 members (excludes halogenated alkanes) is 2. The van der Waals surface area contributed by atoms with Crippen LogP contribution in [0.3, 0.4) is 0 Å². The smallest absolute Gasteiger partial charge is 0.550 e. The van der Waals surface area contributed by atoms with Crippen molar-refractivity contribution in [2.45, 2.75) is 39.5 Å². The summed E-state index contributed by atoms with van der Waals surface area (Å²) in [6, 6.07) is 0. The molecule has 0 saturated heterocycles. The van der Waals surface area contributed by atoms with Crippen LogP contribution in [-0.2, 0) is 26.5 Å². The van der Waals surface area contributed by atoms with Crippen molar-refractivity contribution in [3.63, 3.8) is 0 Å². The molecule has 1 radical (unpaired) electrons. The number of carbonyl (C=O) groups is 2. The fourth-order valence-electron chi connectivity index (χ4n) is 0.600. The predicted molar refractivity (Wildman–Crippen MR) is 52.5 cm³/mol. The van der Waals surface area contributed by atoms with Gasteiger partial charge in [0.05, 0.1) is 0 Å². The minimum atomic E-state index is -1.43. The van der Waals surface area contributed by atoms with Crippen molar-refractivity contribution >= 4 is 12.3 Å². The fourth-order valence-corrected chi connectivity index (χ4v) is 0.600. The van der Waals surface area contributed by atoms with E-state index >= 15 is 0 Å². The first-order chi connectivity index (χ1) is 7.54. The minimum Gasteiger partial charge on any atom is -0.550 e.